The Morgan fingerprint density at radius 2 is 1.94 bits per heavy atom. The number of halogens is 3. The predicted molar refractivity (Wildman–Crippen MR) is 55.6 cm³/mol. The molecule has 0 aromatic rings. The Morgan fingerprint density at radius 1 is 1.31 bits per heavy atom. The third-order valence-corrected chi connectivity index (χ3v) is 3.22. The van der Waals surface area contributed by atoms with Crippen molar-refractivity contribution in [2.24, 2.45) is 11.8 Å². The summed E-state index contributed by atoms with van der Waals surface area (Å²) in [5, 5.41) is 9.74. The van der Waals surface area contributed by atoms with E-state index in [1.165, 1.54) is 0 Å². The van der Waals surface area contributed by atoms with Gasteiger partial charge in [0.15, 0.2) is 0 Å². The summed E-state index contributed by atoms with van der Waals surface area (Å²) in [6.45, 7) is 1.62. The molecule has 0 spiro atoms. The van der Waals surface area contributed by atoms with Crippen LogP contribution >= 0.6 is 0 Å². The summed E-state index contributed by atoms with van der Waals surface area (Å²) < 4.78 is 38.2. The molecule has 0 aliphatic heterocycles. The Bertz CT molecular complexity index is 274. The molecule has 1 nitrogen and oxygen atoms in total. The highest BCUT2D eigenvalue weighted by Gasteiger charge is 2.47. The van der Waals surface area contributed by atoms with Crippen molar-refractivity contribution in [3.8, 4) is 11.8 Å². The summed E-state index contributed by atoms with van der Waals surface area (Å²) in [4.78, 5) is 0. The minimum atomic E-state index is -4.19. The third-order valence-electron chi connectivity index (χ3n) is 3.22. The molecule has 1 rings (SSSR count). The Labute approximate surface area is 94.0 Å². The number of hydrogen-bond donors (Lipinski definition) is 1. The average Bonchev–Trinajstić information content (AvgIpc) is 2.24. The average molecular weight is 234 g/mol. The van der Waals surface area contributed by atoms with E-state index >= 15 is 0 Å². The topological polar surface area (TPSA) is 20.2 Å². The highest BCUT2D eigenvalue weighted by molar-refractivity contribution is 4.99. The lowest BCUT2D eigenvalue weighted by atomic mass is 9.75. The molecular formula is C12H17F3O. The van der Waals surface area contributed by atoms with E-state index in [2.05, 4.69) is 11.8 Å². The Balaban J connectivity index is 2.68. The second-order valence-corrected chi connectivity index (χ2v) is 4.29. The molecule has 0 bridgehead atoms. The van der Waals surface area contributed by atoms with Crippen molar-refractivity contribution in [2.75, 3.05) is 0 Å². The fraction of sp³-hybridized carbons (Fsp3) is 0.833. The SMILES string of the molecule is CC#CCC(O)C1CCCCC1C(F)(F)F. The molecule has 0 amide bonds. The highest BCUT2D eigenvalue weighted by atomic mass is 19.4. The molecule has 1 fully saturated rings. The van der Waals surface area contributed by atoms with Crippen molar-refractivity contribution in [3.63, 3.8) is 0 Å². The number of hydrogen-bond acceptors (Lipinski definition) is 1. The standard InChI is InChI=1S/C12H17F3O/c1-2-3-8-11(16)9-6-4-5-7-10(9)12(13,14)15/h9-11,16H,4-8H2,1H3. The van der Waals surface area contributed by atoms with Crippen LogP contribution in [-0.4, -0.2) is 17.4 Å². The molecule has 3 atom stereocenters. The van der Waals surface area contributed by atoms with Crippen molar-refractivity contribution in [2.45, 2.75) is 51.3 Å². The van der Waals surface area contributed by atoms with Gasteiger partial charge in [0.05, 0.1) is 12.0 Å². The quantitative estimate of drug-likeness (QED) is 0.728. The molecule has 4 heteroatoms. The van der Waals surface area contributed by atoms with E-state index in [1.54, 1.807) is 6.92 Å². The lowest BCUT2D eigenvalue weighted by molar-refractivity contribution is -0.206. The van der Waals surface area contributed by atoms with Gasteiger partial charge in [0, 0.05) is 6.42 Å². The van der Waals surface area contributed by atoms with Crippen molar-refractivity contribution >= 4 is 0 Å². The van der Waals surface area contributed by atoms with Crippen LogP contribution in [0.5, 0.6) is 0 Å². The first-order chi connectivity index (χ1) is 7.46. The monoisotopic (exact) mass is 234 g/mol. The molecule has 0 saturated heterocycles. The van der Waals surface area contributed by atoms with Crippen LogP contribution < -0.4 is 0 Å². The van der Waals surface area contributed by atoms with E-state index in [9.17, 15) is 18.3 Å². The minimum Gasteiger partial charge on any atom is -0.392 e. The molecule has 1 saturated carbocycles. The van der Waals surface area contributed by atoms with Gasteiger partial charge in [0.25, 0.3) is 0 Å². The van der Waals surface area contributed by atoms with Gasteiger partial charge in [-0.1, -0.05) is 12.8 Å². The molecule has 0 aromatic heterocycles. The largest absolute Gasteiger partial charge is 0.392 e. The van der Waals surface area contributed by atoms with Crippen LogP contribution in [0.25, 0.3) is 0 Å². The number of alkyl halides is 3. The Hall–Kier alpha value is -0.690. The van der Waals surface area contributed by atoms with Gasteiger partial charge in [-0.2, -0.15) is 13.2 Å². The first-order valence-electron chi connectivity index (χ1n) is 5.61. The first kappa shape index (κ1) is 13.4. The summed E-state index contributed by atoms with van der Waals surface area (Å²) in [7, 11) is 0. The van der Waals surface area contributed by atoms with Gasteiger partial charge >= 0.3 is 6.18 Å². The summed E-state index contributed by atoms with van der Waals surface area (Å²) in [5.74, 6) is 3.23. The van der Waals surface area contributed by atoms with Crippen molar-refractivity contribution < 1.29 is 18.3 Å². The van der Waals surface area contributed by atoms with Crippen molar-refractivity contribution in [3.05, 3.63) is 0 Å². The van der Waals surface area contributed by atoms with Crippen LogP contribution in [0.3, 0.4) is 0 Å². The molecule has 3 unspecified atom stereocenters. The van der Waals surface area contributed by atoms with Crippen LogP contribution in [0.4, 0.5) is 13.2 Å². The van der Waals surface area contributed by atoms with E-state index in [0.717, 1.165) is 6.42 Å². The smallest absolute Gasteiger partial charge is 0.392 e. The van der Waals surface area contributed by atoms with Crippen LogP contribution in [0.1, 0.15) is 39.0 Å². The molecule has 0 aromatic carbocycles. The second-order valence-electron chi connectivity index (χ2n) is 4.29. The lowest BCUT2D eigenvalue weighted by Crippen LogP contribution is -2.39. The maximum absolute atomic E-state index is 12.7. The van der Waals surface area contributed by atoms with Crippen LogP contribution in [0.2, 0.25) is 0 Å². The summed E-state index contributed by atoms with van der Waals surface area (Å²) in [6, 6.07) is 0. The van der Waals surface area contributed by atoms with Crippen LogP contribution in [-0.2, 0) is 0 Å². The zero-order valence-corrected chi connectivity index (χ0v) is 9.35. The Kier molecular flexibility index (Phi) is 4.67. The molecule has 1 aliphatic carbocycles. The van der Waals surface area contributed by atoms with E-state index in [4.69, 9.17) is 0 Å². The van der Waals surface area contributed by atoms with Gasteiger partial charge in [-0.05, 0) is 25.7 Å². The molecule has 92 valence electrons. The van der Waals surface area contributed by atoms with Crippen LogP contribution in [0.15, 0.2) is 0 Å². The maximum Gasteiger partial charge on any atom is 0.392 e. The molecule has 0 radical (unpaired) electrons. The van der Waals surface area contributed by atoms with E-state index < -0.39 is 24.1 Å². The molecule has 0 heterocycles. The summed E-state index contributed by atoms with van der Waals surface area (Å²) >= 11 is 0. The molecule has 1 N–H and O–H groups in total. The number of rotatable bonds is 2. The number of aliphatic hydroxyl groups is 1. The number of aliphatic hydroxyl groups excluding tert-OH is 1. The second kappa shape index (κ2) is 5.58. The van der Waals surface area contributed by atoms with Gasteiger partial charge in [0.1, 0.15) is 0 Å². The van der Waals surface area contributed by atoms with Crippen molar-refractivity contribution in [1.82, 2.24) is 0 Å². The van der Waals surface area contributed by atoms with Gasteiger partial charge in [-0.15, -0.1) is 11.8 Å². The summed E-state index contributed by atoms with van der Waals surface area (Å²) in [5.41, 5.74) is 0. The molecule has 1 aliphatic rings. The zero-order chi connectivity index (χ0) is 12.2. The normalized spacial score (nSPS) is 28.1. The zero-order valence-electron chi connectivity index (χ0n) is 9.35. The molecular weight excluding hydrogens is 217 g/mol. The minimum absolute atomic E-state index is 0.144. The summed E-state index contributed by atoms with van der Waals surface area (Å²) in [6.07, 6.45) is -3.01. The predicted octanol–water partition coefficient (Wildman–Crippen LogP) is 3.13. The lowest BCUT2D eigenvalue weighted by Gasteiger charge is -2.35. The third kappa shape index (κ3) is 3.41. The molecule has 16 heavy (non-hydrogen) atoms. The van der Waals surface area contributed by atoms with Gasteiger partial charge < -0.3 is 5.11 Å². The van der Waals surface area contributed by atoms with Crippen molar-refractivity contribution in [1.29, 1.82) is 0 Å². The maximum atomic E-state index is 12.7. The van der Waals surface area contributed by atoms with Gasteiger partial charge in [-0.25, -0.2) is 0 Å². The Morgan fingerprint density at radius 3 is 2.50 bits per heavy atom. The fourth-order valence-electron chi connectivity index (χ4n) is 2.38. The van der Waals surface area contributed by atoms with Gasteiger partial charge in [0.2, 0.25) is 0 Å². The van der Waals surface area contributed by atoms with E-state index in [1.807, 2.05) is 0 Å². The van der Waals surface area contributed by atoms with E-state index in [-0.39, 0.29) is 12.8 Å². The fourth-order valence-corrected chi connectivity index (χ4v) is 2.38. The van der Waals surface area contributed by atoms with Crippen LogP contribution in [0, 0.1) is 23.7 Å². The van der Waals surface area contributed by atoms with E-state index in [0.29, 0.717) is 12.8 Å². The highest BCUT2D eigenvalue weighted by Crippen LogP contribution is 2.43. The first-order valence-corrected chi connectivity index (χ1v) is 5.61. The van der Waals surface area contributed by atoms with Gasteiger partial charge in [-0.3, -0.25) is 0 Å².